The van der Waals surface area contributed by atoms with E-state index in [2.05, 4.69) is 17.3 Å². The molecule has 2 heterocycles. The summed E-state index contributed by atoms with van der Waals surface area (Å²) in [5, 5.41) is 3.33. The third kappa shape index (κ3) is 2.66. The summed E-state index contributed by atoms with van der Waals surface area (Å²) in [5.74, 6) is 0. The van der Waals surface area contributed by atoms with E-state index in [1.165, 1.54) is 25.8 Å². The molecule has 2 aliphatic heterocycles. The number of rotatable bonds is 2. The summed E-state index contributed by atoms with van der Waals surface area (Å²) in [7, 11) is 2.18. The van der Waals surface area contributed by atoms with Crippen LogP contribution in [0.3, 0.4) is 0 Å². The van der Waals surface area contributed by atoms with Crippen LogP contribution in [-0.4, -0.2) is 50.3 Å². The number of hydrogen-bond acceptors (Lipinski definition) is 3. The largest absolute Gasteiger partial charge is 0.372 e. The van der Waals surface area contributed by atoms with Crippen LogP contribution in [0.2, 0.25) is 0 Å². The van der Waals surface area contributed by atoms with Gasteiger partial charge in [-0.25, -0.2) is 0 Å². The summed E-state index contributed by atoms with van der Waals surface area (Å²) in [6.45, 7) is 4.55. The van der Waals surface area contributed by atoms with Crippen molar-refractivity contribution in [1.82, 2.24) is 10.2 Å². The normalized spacial score (nSPS) is 36.7. The number of likely N-dealkylation sites (tertiary alicyclic amines) is 1. The van der Waals surface area contributed by atoms with Crippen molar-refractivity contribution < 1.29 is 4.74 Å². The monoisotopic (exact) mass is 184 g/mol. The Hall–Kier alpha value is -0.120. The second-order valence-electron chi connectivity index (χ2n) is 4.28. The van der Waals surface area contributed by atoms with Crippen LogP contribution in [0, 0.1) is 0 Å². The van der Waals surface area contributed by atoms with Gasteiger partial charge in [-0.2, -0.15) is 0 Å². The first kappa shape index (κ1) is 9.44. The van der Waals surface area contributed by atoms with E-state index in [1.807, 2.05) is 0 Å². The molecule has 0 amide bonds. The highest BCUT2D eigenvalue weighted by atomic mass is 16.5. The van der Waals surface area contributed by atoms with Crippen molar-refractivity contribution in [2.24, 2.45) is 0 Å². The SMILES string of the molecule is CN1CCC[C@@H](O[C@H]2CCNC2)C1. The zero-order chi connectivity index (χ0) is 9.10. The van der Waals surface area contributed by atoms with E-state index in [0.717, 1.165) is 19.6 Å². The molecule has 3 nitrogen and oxygen atoms in total. The molecule has 2 rings (SSSR count). The predicted octanol–water partition coefficient (Wildman–Crippen LogP) is 0.459. The average molecular weight is 184 g/mol. The third-order valence-electron chi connectivity index (χ3n) is 2.98. The second kappa shape index (κ2) is 4.40. The Morgan fingerprint density at radius 2 is 2.23 bits per heavy atom. The minimum Gasteiger partial charge on any atom is -0.372 e. The van der Waals surface area contributed by atoms with E-state index in [4.69, 9.17) is 4.74 Å². The van der Waals surface area contributed by atoms with Crippen LogP contribution in [-0.2, 0) is 4.74 Å². The topological polar surface area (TPSA) is 24.5 Å². The van der Waals surface area contributed by atoms with Crippen molar-refractivity contribution in [2.75, 3.05) is 33.2 Å². The molecule has 1 N–H and O–H groups in total. The highest BCUT2D eigenvalue weighted by Crippen LogP contribution is 2.15. The number of nitrogens with zero attached hydrogens (tertiary/aromatic N) is 1. The van der Waals surface area contributed by atoms with Gasteiger partial charge in [0.1, 0.15) is 0 Å². The number of piperidine rings is 1. The summed E-state index contributed by atoms with van der Waals surface area (Å²) >= 11 is 0. The van der Waals surface area contributed by atoms with Gasteiger partial charge in [-0.05, 0) is 39.4 Å². The summed E-state index contributed by atoms with van der Waals surface area (Å²) in [6, 6.07) is 0. The molecule has 0 aromatic rings. The molecule has 2 saturated heterocycles. The van der Waals surface area contributed by atoms with Crippen LogP contribution in [0.1, 0.15) is 19.3 Å². The molecule has 0 aromatic carbocycles. The smallest absolute Gasteiger partial charge is 0.0715 e. The highest BCUT2D eigenvalue weighted by Gasteiger charge is 2.23. The van der Waals surface area contributed by atoms with Gasteiger partial charge < -0.3 is 15.0 Å². The Balaban J connectivity index is 1.73. The maximum absolute atomic E-state index is 6.02. The van der Waals surface area contributed by atoms with E-state index < -0.39 is 0 Å². The van der Waals surface area contributed by atoms with Gasteiger partial charge in [-0.15, -0.1) is 0 Å². The lowest BCUT2D eigenvalue weighted by atomic mass is 10.1. The Kier molecular flexibility index (Phi) is 3.19. The van der Waals surface area contributed by atoms with Gasteiger partial charge >= 0.3 is 0 Å². The van der Waals surface area contributed by atoms with Gasteiger partial charge in [0.15, 0.2) is 0 Å². The fourth-order valence-electron chi connectivity index (χ4n) is 2.25. The fourth-order valence-corrected chi connectivity index (χ4v) is 2.25. The van der Waals surface area contributed by atoms with Crippen LogP contribution < -0.4 is 5.32 Å². The van der Waals surface area contributed by atoms with Gasteiger partial charge in [0.25, 0.3) is 0 Å². The predicted molar refractivity (Wildman–Crippen MR) is 52.9 cm³/mol. The van der Waals surface area contributed by atoms with E-state index in [0.29, 0.717) is 12.2 Å². The third-order valence-corrected chi connectivity index (χ3v) is 2.98. The molecule has 2 fully saturated rings. The summed E-state index contributed by atoms with van der Waals surface area (Å²) < 4.78 is 6.02. The molecule has 0 aromatic heterocycles. The molecular weight excluding hydrogens is 164 g/mol. The van der Waals surface area contributed by atoms with Gasteiger partial charge in [0.2, 0.25) is 0 Å². The summed E-state index contributed by atoms with van der Waals surface area (Å²) in [5.41, 5.74) is 0. The Labute approximate surface area is 80.4 Å². The Bertz CT molecular complexity index is 157. The molecular formula is C10H20N2O. The van der Waals surface area contributed by atoms with Gasteiger partial charge in [-0.3, -0.25) is 0 Å². The Morgan fingerprint density at radius 3 is 2.92 bits per heavy atom. The van der Waals surface area contributed by atoms with Crippen molar-refractivity contribution in [3.8, 4) is 0 Å². The molecule has 0 unspecified atom stereocenters. The molecule has 0 saturated carbocycles. The van der Waals surface area contributed by atoms with Crippen LogP contribution in [0.15, 0.2) is 0 Å². The Morgan fingerprint density at radius 1 is 1.31 bits per heavy atom. The van der Waals surface area contributed by atoms with Crippen LogP contribution in [0.25, 0.3) is 0 Å². The molecule has 0 bridgehead atoms. The minimum absolute atomic E-state index is 0.483. The second-order valence-corrected chi connectivity index (χ2v) is 4.28. The van der Waals surface area contributed by atoms with Gasteiger partial charge in [0.05, 0.1) is 12.2 Å². The lowest BCUT2D eigenvalue weighted by molar-refractivity contribution is -0.0347. The lowest BCUT2D eigenvalue weighted by Gasteiger charge is -2.31. The lowest BCUT2D eigenvalue weighted by Crippen LogP contribution is -2.39. The maximum Gasteiger partial charge on any atom is 0.0715 e. The molecule has 3 heteroatoms. The van der Waals surface area contributed by atoms with Crippen molar-refractivity contribution in [3.63, 3.8) is 0 Å². The molecule has 2 atom stereocenters. The van der Waals surface area contributed by atoms with Crippen molar-refractivity contribution in [3.05, 3.63) is 0 Å². The van der Waals surface area contributed by atoms with Gasteiger partial charge in [0, 0.05) is 13.1 Å². The quantitative estimate of drug-likeness (QED) is 0.675. The van der Waals surface area contributed by atoms with Gasteiger partial charge in [-0.1, -0.05) is 0 Å². The molecule has 0 spiro atoms. The first-order valence-corrected chi connectivity index (χ1v) is 5.39. The molecule has 13 heavy (non-hydrogen) atoms. The van der Waals surface area contributed by atoms with E-state index in [-0.39, 0.29) is 0 Å². The summed E-state index contributed by atoms with van der Waals surface area (Å²) in [4.78, 5) is 2.37. The zero-order valence-corrected chi connectivity index (χ0v) is 8.46. The van der Waals surface area contributed by atoms with Crippen molar-refractivity contribution in [1.29, 1.82) is 0 Å². The summed E-state index contributed by atoms with van der Waals surface area (Å²) in [6.07, 6.45) is 4.71. The fraction of sp³-hybridized carbons (Fsp3) is 1.00. The zero-order valence-electron chi connectivity index (χ0n) is 8.46. The standard InChI is InChI=1S/C10H20N2O/c1-12-6-2-3-10(8-12)13-9-4-5-11-7-9/h9-11H,2-8H2,1H3/t9-,10+/m0/s1. The van der Waals surface area contributed by atoms with Crippen molar-refractivity contribution >= 4 is 0 Å². The number of nitrogens with one attached hydrogen (secondary N) is 1. The number of hydrogen-bond donors (Lipinski definition) is 1. The van der Waals surface area contributed by atoms with Crippen LogP contribution >= 0.6 is 0 Å². The van der Waals surface area contributed by atoms with Crippen molar-refractivity contribution in [2.45, 2.75) is 31.5 Å². The van der Waals surface area contributed by atoms with Crippen LogP contribution in [0.4, 0.5) is 0 Å². The highest BCUT2D eigenvalue weighted by molar-refractivity contribution is 4.76. The van der Waals surface area contributed by atoms with Crippen LogP contribution in [0.5, 0.6) is 0 Å². The first-order valence-electron chi connectivity index (χ1n) is 5.39. The minimum atomic E-state index is 0.483. The molecule has 76 valence electrons. The van der Waals surface area contributed by atoms with E-state index >= 15 is 0 Å². The molecule has 0 aliphatic carbocycles. The molecule has 2 aliphatic rings. The van der Waals surface area contributed by atoms with E-state index in [9.17, 15) is 0 Å². The van der Waals surface area contributed by atoms with E-state index in [1.54, 1.807) is 0 Å². The molecule has 0 radical (unpaired) electrons. The number of ether oxygens (including phenoxy) is 1. The number of likely N-dealkylation sites (N-methyl/N-ethyl adjacent to an activating group) is 1. The first-order chi connectivity index (χ1) is 6.34. The average Bonchev–Trinajstić information content (AvgIpc) is 2.57. The maximum atomic E-state index is 6.02.